The monoisotopic (exact) mass is 361 g/mol. The first-order valence-electron chi connectivity index (χ1n) is 9.54. The van der Waals surface area contributed by atoms with Crippen LogP contribution in [0.3, 0.4) is 0 Å². The number of hydrogen-bond acceptors (Lipinski definition) is 2. The van der Waals surface area contributed by atoms with Crippen molar-refractivity contribution in [2.24, 2.45) is 5.41 Å². The van der Waals surface area contributed by atoms with Gasteiger partial charge in [-0.15, -0.1) is 0 Å². The lowest BCUT2D eigenvalue weighted by molar-refractivity contribution is 0.305. The van der Waals surface area contributed by atoms with Crippen molar-refractivity contribution in [3.63, 3.8) is 0 Å². The van der Waals surface area contributed by atoms with E-state index in [4.69, 9.17) is 4.74 Å². The number of nitrogens with zero attached hydrogens (tertiary/aromatic N) is 1. The molecule has 0 saturated carbocycles. The molecule has 0 unspecified atom stereocenters. The maximum atomic E-state index is 5.92. The molecule has 0 aliphatic rings. The molecule has 0 aliphatic heterocycles. The summed E-state index contributed by atoms with van der Waals surface area (Å²) in [7, 11) is 2.14. The van der Waals surface area contributed by atoms with E-state index in [1.807, 2.05) is 30.3 Å². The van der Waals surface area contributed by atoms with Crippen molar-refractivity contribution < 1.29 is 4.74 Å². The van der Waals surface area contributed by atoms with Gasteiger partial charge in [-0.05, 0) is 63.6 Å². The lowest BCUT2D eigenvalue weighted by Gasteiger charge is -2.14. The molecule has 2 heteroatoms. The predicted molar refractivity (Wildman–Crippen MR) is 115 cm³/mol. The molecule has 0 saturated heterocycles. The van der Waals surface area contributed by atoms with Crippen LogP contribution in [-0.4, -0.2) is 25.0 Å². The van der Waals surface area contributed by atoms with Crippen molar-refractivity contribution >= 4 is 0 Å². The Morgan fingerprint density at radius 3 is 2.48 bits per heavy atom. The largest absolute Gasteiger partial charge is 0.489 e. The molecule has 0 aliphatic carbocycles. The normalized spacial score (nSPS) is 11.4. The minimum atomic E-state index is 0.0594. The van der Waals surface area contributed by atoms with Crippen molar-refractivity contribution in [2.45, 2.75) is 33.8 Å². The van der Waals surface area contributed by atoms with Gasteiger partial charge in [-0.25, -0.2) is 0 Å². The Labute approximate surface area is 164 Å². The summed E-state index contributed by atoms with van der Waals surface area (Å²) < 4.78 is 5.92. The van der Waals surface area contributed by atoms with Gasteiger partial charge in [0.2, 0.25) is 0 Å². The molecule has 0 fully saturated rings. The molecule has 0 heterocycles. The molecule has 2 aromatic carbocycles. The molecule has 0 aromatic heterocycles. The second-order valence-corrected chi connectivity index (χ2v) is 7.86. The average Bonchev–Trinajstić information content (AvgIpc) is 2.65. The summed E-state index contributed by atoms with van der Waals surface area (Å²) in [4.78, 5) is 2.30. The Morgan fingerprint density at radius 2 is 1.74 bits per heavy atom. The summed E-state index contributed by atoms with van der Waals surface area (Å²) in [5, 5.41) is 0. The standard InChI is InChI=1S/C25H31NO/c1-25(2,3)17-9-6-10-18-26(4)19-16-22-14-11-15-24(20-22)27-21-23-12-7-5-8-13-23/h5-8,10-15,20H,16,18-19,21H2,1-4H3. The lowest BCUT2D eigenvalue weighted by atomic mass is 9.98. The average molecular weight is 362 g/mol. The minimum absolute atomic E-state index is 0.0594. The first kappa shape index (κ1) is 20.8. The topological polar surface area (TPSA) is 12.5 Å². The van der Waals surface area contributed by atoms with E-state index in [-0.39, 0.29) is 5.41 Å². The fourth-order valence-electron chi connectivity index (χ4n) is 2.49. The first-order valence-corrected chi connectivity index (χ1v) is 9.54. The quantitative estimate of drug-likeness (QED) is 0.588. The van der Waals surface area contributed by atoms with E-state index in [1.165, 1.54) is 11.1 Å². The summed E-state index contributed by atoms with van der Waals surface area (Å²) in [6.45, 7) is 8.87. The highest BCUT2D eigenvalue weighted by molar-refractivity contribution is 5.29. The number of hydrogen-bond donors (Lipinski definition) is 0. The molecule has 0 N–H and O–H groups in total. The second-order valence-electron chi connectivity index (χ2n) is 7.86. The molecule has 27 heavy (non-hydrogen) atoms. The smallest absolute Gasteiger partial charge is 0.120 e. The zero-order valence-corrected chi connectivity index (χ0v) is 17.0. The van der Waals surface area contributed by atoms with Gasteiger partial charge in [0.05, 0.1) is 0 Å². The summed E-state index contributed by atoms with van der Waals surface area (Å²) in [6, 6.07) is 18.6. The van der Waals surface area contributed by atoms with E-state index in [0.717, 1.165) is 25.3 Å². The van der Waals surface area contributed by atoms with E-state index in [9.17, 15) is 0 Å². The molecule has 142 valence electrons. The van der Waals surface area contributed by atoms with Crippen LogP contribution < -0.4 is 4.74 Å². The Bertz CT molecular complexity index is 775. The van der Waals surface area contributed by atoms with Crippen molar-refractivity contribution in [3.8, 4) is 17.6 Å². The van der Waals surface area contributed by atoms with E-state index < -0.39 is 0 Å². The number of likely N-dealkylation sites (N-methyl/N-ethyl adjacent to an activating group) is 1. The van der Waals surface area contributed by atoms with Crippen LogP contribution in [0.4, 0.5) is 0 Å². The highest BCUT2D eigenvalue weighted by Gasteiger charge is 2.03. The van der Waals surface area contributed by atoms with Gasteiger partial charge in [0.15, 0.2) is 0 Å². The van der Waals surface area contributed by atoms with Crippen molar-refractivity contribution in [1.29, 1.82) is 0 Å². The summed E-state index contributed by atoms with van der Waals surface area (Å²) in [5.41, 5.74) is 2.54. The molecule has 0 amide bonds. The number of ether oxygens (including phenoxy) is 1. The summed E-state index contributed by atoms with van der Waals surface area (Å²) in [6.07, 6.45) is 5.08. The van der Waals surface area contributed by atoms with Gasteiger partial charge in [0, 0.05) is 18.5 Å². The highest BCUT2D eigenvalue weighted by atomic mass is 16.5. The zero-order valence-electron chi connectivity index (χ0n) is 17.0. The minimum Gasteiger partial charge on any atom is -0.489 e. The van der Waals surface area contributed by atoms with Crippen LogP contribution in [-0.2, 0) is 13.0 Å². The number of benzene rings is 2. The van der Waals surface area contributed by atoms with Gasteiger partial charge < -0.3 is 9.64 Å². The maximum Gasteiger partial charge on any atom is 0.120 e. The third kappa shape index (κ3) is 9.13. The van der Waals surface area contributed by atoms with Crippen molar-refractivity contribution in [2.75, 3.05) is 20.1 Å². The van der Waals surface area contributed by atoms with Crippen LogP contribution in [0.25, 0.3) is 0 Å². The van der Waals surface area contributed by atoms with Crippen molar-refractivity contribution in [3.05, 3.63) is 77.9 Å². The Kier molecular flexibility index (Phi) is 8.17. The molecule has 0 atom stereocenters. The van der Waals surface area contributed by atoms with Crippen LogP contribution in [0.15, 0.2) is 66.7 Å². The van der Waals surface area contributed by atoms with Gasteiger partial charge in [0.1, 0.15) is 12.4 Å². The van der Waals surface area contributed by atoms with E-state index in [2.05, 4.69) is 81.0 Å². The van der Waals surface area contributed by atoms with Crippen molar-refractivity contribution in [1.82, 2.24) is 4.90 Å². The molecular formula is C25H31NO. The molecule has 2 nitrogen and oxygen atoms in total. The van der Waals surface area contributed by atoms with Crippen LogP contribution in [0.1, 0.15) is 31.9 Å². The van der Waals surface area contributed by atoms with Gasteiger partial charge in [0.25, 0.3) is 0 Å². The van der Waals surface area contributed by atoms with Gasteiger partial charge in [-0.2, -0.15) is 0 Å². The van der Waals surface area contributed by atoms with Gasteiger partial charge >= 0.3 is 0 Å². The van der Waals surface area contributed by atoms with Crippen LogP contribution in [0, 0.1) is 17.3 Å². The third-order valence-corrected chi connectivity index (χ3v) is 3.99. The Balaban J connectivity index is 1.76. The Morgan fingerprint density at radius 1 is 1.00 bits per heavy atom. The van der Waals surface area contributed by atoms with Crippen LogP contribution in [0.5, 0.6) is 5.75 Å². The first-order chi connectivity index (χ1) is 12.9. The fraction of sp³-hybridized carbons (Fsp3) is 0.360. The maximum absolute atomic E-state index is 5.92. The highest BCUT2D eigenvalue weighted by Crippen LogP contribution is 2.16. The van der Waals surface area contributed by atoms with Gasteiger partial charge in [-0.3, -0.25) is 0 Å². The third-order valence-electron chi connectivity index (χ3n) is 3.99. The predicted octanol–water partition coefficient (Wildman–Crippen LogP) is 5.35. The van der Waals surface area contributed by atoms with Crippen LogP contribution >= 0.6 is 0 Å². The lowest BCUT2D eigenvalue weighted by Crippen LogP contribution is -2.21. The Hall–Kier alpha value is -2.50. The molecule has 0 spiro atoms. The summed E-state index contributed by atoms with van der Waals surface area (Å²) >= 11 is 0. The molecule has 2 aromatic rings. The number of allylic oxidation sites excluding steroid dienone is 1. The second kappa shape index (κ2) is 10.6. The molecular weight excluding hydrogens is 330 g/mol. The summed E-state index contributed by atoms with van der Waals surface area (Å²) in [5.74, 6) is 7.26. The van der Waals surface area contributed by atoms with E-state index >= 15 is 0 Å². The number of rotatable bonds is 8. The van der Waals surface area contributed by atoms with E-state index in [1.54, 1.807) is 0 Å². The molecule has 0 radical (unpaired) electrons. The SMILES string of the molecule is CN(CC=CC#CC(C)(C)C)CCc1cccc(OCc2ccccc2)c1. The fourth-order valence-corrected chi connectivity index (χ4v) is 2.49. The molecule has 2 rings (SSSR count). The zero-order chi connectivity index (χ0) is 19.5. The van der Waals surface area contributed by atoms with Gasteiger partial charge in [-0.1, -0.05) is 60.4 Å². The van der Waals surface area contributed by atoms with Crippen LogP contribution in [0.2, 0.25) is 0 Å². The van der Waals surface area contributed by atoms with E-state index in [0.29, 0.717) is 6.61 Å². The molecule has 0 bridgehead atoms.